The first kappa shape index (κ1) is 9.25. The van der Waals surface area contributed by atoms with Crippen LogP contribution in [-0.2, 0) is 0 Å². The van der Waals surface area contributed by atoms with Gasteiger partial charge in [-0.05, 0) is 38.5 Å². The van der Waals surface area contributed by atoms with Crippen LogP contribution in [0, 0.1) is 6.92 Å². The molecule has 0 fully saturated rings. The summed E-state index contributed by atoms with van der Waals surface area (Å²) in [6.07, 6.45) is 0.572. The lowest BCUT2D eigenvalue weighted by atomic mass is 9.88. The minimum atomic E-state index is -0.113. The molecule has 0 saturated heterocycles. The third-order valence-corrected chi connectivity index (χ3v) is 2.55. The molecule has 1 aliphatic heterocycles. The highest BCUT2D eigenvalue weighted by Crippen LogP contribution is 2.30. The van der Waals surface area contributed by atoms with Crippen LogP contribution < -0.4 is 5.32 Å². The van der Waals surface area contributed by atoms with Gasteiger partial charge in [0.15, 0.2) is 5.78 Å². The zero-order valence-corrected chi connectivity index (χ0v) is 8.85. The minimum Gasteiger partial charge on any atom is -0.379 e. The molecule has 74 valence electrons. The highest BCUT2D eigenvalue weighted by molar-refractivity contribution is 6.04. The van der Waals surface area contributed by atoms with Gasteiger partial charge in [0.05, 0.1) is 0 Å². The molecule has 0 aliphatic carbocycles. The topological polar surface area (TPSA) is 29.1 Å². The van der Waals surface area contributed by atoms with Crippen molar-refractivity contribution < 1.29 is 4.79 Å². The summed E-state index contributed by atoms with van der Waals surface area (Å²) < 4.78 is 0. The Balaban J connectivity index is 2.51. The summed E-state index contributed by atoms with van der Waals surface area (Å²) in [4.78, 5) is 11.8. The molecule has 0 spiro atoms. The molecule has 1 N–H and O–H groups in total. The van der Waals surface area contributed by atoms with Crippen molar-refractivity contribution in [3.63, 3.8) is 0 Å². The highest BCUT2D eigenvalue weighted by atomic mass is 16.1. The maximum Gasteiger partial charge on any atom is 0.167 e. The van der Waals surface area contributed by atoms with Crippen LogP contribution in [-0.4, -0.2) is 11.3 Å². The standard InChI is InChI=1S/C12H15NO/c1-8-4-5-9-10(6-8)13-12(2,3)7-11(9)14/h4-6,13H,7H2,1-3H3. The minimum absolute atomic E-state index is 0.113. The fourth-order valence-corrected chi connectivity index (χ4v) is 1.91. The summed E-state index contributed by atoms with van der Waals surface area (Å²) in [5.41, 5.74) is 2.88. The number of hydrogen-bond donors (Lipinski definition) is 1. The van der Waals surface area contributed by atoms with Gasteiger partial charge in [-0.1, -0.05) is 6.07 Å². The first-order valence-electron chi connectivity index (χ1n) is 4.90. The number of nitrogens with one attached hydrogen (secondary N) is 1. The number of ketones is 1. The van der Waals surface area contributed by atoms with Gasteiger partial charge in [-0.3, -0.25) is 4.79 Å². The molecule has 1 aliphatic rings. The van der Waals surface area contributed by atoms with Crippen molar-refractivity contribution in [3.8, 4) is 0 Å². The van der Waals surface area contributed by atoms with Crippen molar-refractivity contribution in [2.45, 2.75) is 32.7 Å². The number of fused-ring (bicyclic) bond motifs is 1. The zero-order valence-electron chi connectivity index (χ0n) is 8.85. The predicted molar refractivity (Wildman–Crippen MR) is 57.8 cm³/mol. The summed E-state index contributed by atoms with van der Waals surface area (Å²) in [6.45, 7) is 6.14. The lowest BCUT2D eigenvalue weighted by Crippen LogP contribution is -2.38. The molecule has 1 aromatic rings. The maximum absolute atomic E-state index is 11.8. The van der Waals surface area contributed by atoms with E-state index in [-0.39, 0.29) is 11.3 Å². The third kappa shape index (κ3) is 1.52. The predicted octanol–water partition coefficient (Wildman–Crippen LogP) is 2.77. The summed E-state index contributed by atoms with van der Waals surface area (Å²) in [5.74, 6) is 0.240. The number of anilines is 1. The molecule has 2 rings (SSSR count). The summed E-state index contributed by atoms with van der Waals surface area (Å²) >= 11 is 0. The van der Waals surface area contributed by atoms with Crippen LogP contribution in [0.4, 0.5) is 5.69 Å². The summed E-state index contributed by atoms with van der Waals surface area (Å²) in [7, 11) is 0. The van der Waals surface area contributed by atoms with E-state index in [9.17, 15) is 4.79 Å². The van der Waals surface area contributed by atoms with E-state index in [1.54, 1.807) is 0 Å². The van der Waals surface area contributed by atoms with Crippen molar-refractivity contribution >= 4 is 11.5 Å². The van der Waals surface area contributed by atoms with Crippen LogP contribution in [0.3, 0.4) is 0 Å². The number of benzene rings is 1. The van der Waals surface area contributed by atoms with Gasteiger partial charge in [0, 0.05) is 23.2 Å². The molecule has 0 unspecified atom stereocenters. The quantitative estimate of drug-likeness (QED) is 0.680. The van der Waals surface area contributed by atoms with E-state index in [2.05, 4.69) is 19.2 Å². The second-order valence-electron chi connectivity index (χ2n) is 4.66. The molecular weight excluding hydrogens is 174 g/mol. The Kier molecular flexibility index (Phi) is 1.88. The summed E-state index contributed by atoms with van der Waals surface area (Å²) in [5, 5.41) is 3.39. The average molecular weight is 189 g/mol. The number of carbonyl (C=O) groups is 1. The lowest BCUT2D eigenvalue weighted by molar-refractivity contribution is 0.0958. The van der Waals surface area contributed by atoms with Gasteiger partial charge in [0.2, 0.25) is 0 Å². The van der Waals surface area contributed by atoms with Gasteiger partial charge >= 0.3 is 0 Å². The van der Waals surface area contributed by atoms with Gasteiger partial charge in [0.25, 0.3) is 0 Å². The molecule has 14 heavy (non-hydrogen) atoms. The van der Waals surface area contributed by atoms with Crippen molar-refractivity contribution in [2.75, 3.05) is 5.32 Å². The summed E-state index contributed by atoms with van der Waals surface area (Å²) in [6, 6.07) is 5.93. The van der Waals surface area contributed by atoms with Crippen molar-refractivity contribution in [1.82, 2.24) is 0 Å². The Morgan fingerprint density at radius 3 is 2.79 bits per heavy atom. The van der Waals surface area contributed by atoms with Crippen LogP contribution in [0.2, 0.25) is 0 Å². The molecule has 1 aromatic carbocycles. The Labute approximate surface area is 84.3 Å². The molecule has 0 aromatic heterocycles. The lowest BCUT2D eigenvalue weighted by Gasteiger charge is -2.32. The van der Waals surface area contributed by atoms with Crippen LogP contribution in [0.1, 0.15) is 36.2 Å². The van der Waals surface area contributed by atoms with E-state index >= 15 is 0 Å². The molecule has 0 amide bonds. The first-order chi connectivity index (χ1) is 6.48. The van der Waals surface area contributed by atoms with Gasteiger partial charge in [0.1, 0.15) is 0 Å². The van der Waals surface area contributed by atoms with Crippen LogP contribution >= 0.6 is 0 Å². The van der Waals surface area contributed by atoms with Gasteiger partial charge < -0.3 is 5.32 Å². The molecular formula is C12H15NO. The molecule has 2 heteroatoms. The van der Waals surface area contributed by atoms with Crippen LogP contribution in [0.5, 0.6) is 0 Å². The largest absolute Gasteiger partial charge is 0.379 e. The second kappa shape index (κ2) is 2.84. The van der Waals surface area contributed by atoms with Crippen molar-refractivity contribution in [1.29, 1.82) is 0 Å². The van der Waals surface area contributed by atoms with Crippen molar-refractivity contribution in [2.24, 2.45) is 0 Å². The van der Waals surface area contributed by atoms with E-state index in [1.807, 2.05) is 25.1 Å². The number of hydrogen-bond acceptors (Lipinski definition) is 2. The van der Waals surface area contributed by atoms with Gasteiger partial charge in [-0.15, -0.1) is 0 Å². The molecule has 1 heterocycles. The number of carbonyl (C=O) groups excluding carboxylic acids is 1. The number of aryl methyl sites for hydroxylation is 1. The maximum atomic E-state index is 11.8. The molecule has 0 bridgehead atoms. The van der Waals surface area contributed by atoms with Crippen LogP contribution in [0.15, 0.2) is 18.2 Å². The Bertz CT molecular complexity index is 393. The van der Waals surface area contributed by atoms with E-state index in [0.29, 0.717) is 6.42 Å². The molecule has 2 nitrogen and oxygen atoms in total. The van der Waals surface area contributed by atoms with E-state index in [0.717, 1.165) is 11.3 Å². The average Bonchev–Trinajstić information content (AvgIpc) is 2.00. The SMILES string of the molecule is Cc1ccc2c(c1)NC(C)(C)CC2=O. The Morgan fingerprint density at radius 2 is 2.07 bits per heavy atom. The molecule has 0 radical (unpaired) electrons. The third-order valence-electron chi connectivity index (χ3n) is 2.55. The number of rotatable bonds is 0. The Morgan fingerprint density at radius 1 is 1.36 bits per heavy atom. The zero-order chi connectivity index (χ0) is 10.3. The smallest absolute Gasteiger partial charge is 0.167 e. The monoisotopic (exact) mass is 189 g/mol. The van der Waals surface area contributed by atoms with Crippen LogP contribution in [0.25, 0.3) is 0 Å². The second-order valence-corrected chi connectivity index (χ2v) is 4.66. The van der Waals surface area contributed by atoms with Crippen molar-refractivity contribution in [3.05, 3.63) is 29.3 Å². The molecule has 0 saturated carbocycles. The van der Waals surface area contributed by atoms with Gasteiger partial charge in [-0.2, -0.15) is 0 Å². The highest BCUT2D eigenvalue weighted by Gasteiger charge is 2.29. The van der Waals surface area contributed by atoms with E-state index in [4.69, 9.17) is 0 Å². The Hall–Kier alpha value is -1.31. The number of Topliss-reactive ketones (excluding diaryl/α,β-unsaturated/α-hetero) is 1. The normalized spacial score (nSPS) is 18.6. The fourth-order valence-electron chi connectivity index (χ4n) is 1.91. The van der Waals surface area contributed by atoms with E-state index < -0.39 is 0 Å². The van der Waals surface area contributed by atoms with Gasteiger partial charge in [-0.25, -0.2) is 0 Å². The first-order valence-corrected chi connectivity index (χ1v) is 4.90. The van der Waals surface area contributed by atoms with E-state index in [1.165, 1.54) is 5.56 Å². The molecule has 0 atom stereocenters. The fraction of sp³-hybridized carbons (Fsp3) is 0.417.